The van der Waals surface area contributed by atoms with Crippen LogP contribution in [0.4, 0.5) is 0 Å². The van der Waals surface area contributed by atoms with Crippen molar-refractivity contribution in [2.24, 2.45) is 5.92 Å². The third-order valence-electron chi connectivity index (χ3n) is 18.8. The second-order valence-corrected chi connectivity index (χ2v) is 32.2. The summed E-state index contributed by atoms with van der Waals surface area (Å²) in [4.78, 5) is 73.0. The summed E-state index contributed by atoms with van der Waals surface area (Å²) >= 11 is 0. The Bertz CT molecular complexity index is 1890. The highest BCUT2D eigenvalue weighted by Gasteiger charge is 2.30. The van der Waals surface area contributed by atoms with Crippen LogP contribution in [-0.4, -0.2) is 96.7 Å². The summed E-state index contributed by atoms with van der Waals surface area (Å²) in [5, 5.41) is 10.6. The molecule has 0 aromatic heterocycles. The van der Waals surface area contributed by atoms with Gasteiger partial charge in [0.2, 0.25) is 0 Å². The van der Waals surface area contributed by atoms with Crippen molar-refractivity contribution in [1.82, 2.24) is 0 Å². The molecule has 0 radical (unpaired) electrons. The van der Waals surface area contributed by atoms with Crippen LogP contribution in [0, 0.1) is 5.92 Å². The standard InChI is InChI=1S/C80H156O17P2/c1-6-9-12-15-18-21-24-27-28-29-30-31-32-33-34-37-40-45-51-56-61-66-80(85)96-75(69-90-77(82)63-58-53-48-43-38-35-25-22-19-16-13-10-7-2)71-94-98(86,87)92-67-74(81)68-93-99(88,89)95-72-76(70-91-78(83)64-59-54-49-46-41-42-47-52-57-62-73(4)5)97-79(84)65-60-55-50-44-39-36-26-23-20-17-14-11-8-3/h73-76,81H,6-72H2,1-5H3,(H,86,87)(H,88,89)/t74-,75-,76-/m1/s1. The van der Waals surface area contributed by atoms with Crippen LogP contribution in [0.3, 0.4) is 0 Å². The number of ether oxygens (including phenoxy) is 4. The van der Waals surface area contributed by atoms with E-state index in [1.165, 1.54) is 250 Å². The molecule has 0 aliphatic carbocycles. The van der Waals surface area contributed by atoms with E-state index in [4.69, 9.17) is 37.0 Å². The summed E-state index contributed by atoms with van der Waals surface area (Å²) in [7, 11) is -9.92. The third kappa shape index (κ3) is 74.1. The van der Waals surface area contributed by atoms with Crippen molar-refractivity contribution in [2.75, 3.05) is 39.6 Å². The van der Waals surface area contributed by atoms with Crippen molar-refractivity contribution in [3.05, 3.63) is 0 Å². The topological polar surface area (TPSA) is 237 Å². The molecule has 0 aliphatic rings. The van der Waals surface area contributed by atoms with E-state index in [0.29, 0.717) is 25.7 Å². The second-order valence-electron chi connectivity index (χ2n) is 29.3. The first-order valence-electron chi connectivity index (χ1n) is 41.6. The molecule has 0 aromatic carbocycles. The highest BCUT2D eigenvalue weighted by atomic mass is 31.2. The van der Waals surface area contributed by atoms with Crippen molar-refractivity contribution in [2.45, 2.75) is 445 Å². The fourth-order valence-electron chi connectivity index (χ4n) is 12.4. The van der Waals surface area contributed by atoms with Gasteiger partial charge in [-0.1, -0.05) is 375 Å². The molecule has 588 valence electrons. The maximum absolute atomic E-state index is 13.1. The molecule has 17 nitrogen and oxygen atoms in total. The van der Waals surface area contributed by atoms with Crippen LogP contribution >= 0.6 is 15.6 Å². The molecule has 19 heteroatoms. The number of rotatable bonds is 80. The fraction of sp³-hybridized carbons (Fsp3) is 0.950. The number of unbranched alkanes of at least 4 members (excludes halogenated alkanes) is 52. The number of aliphatic hydroxyl groups excluding tert-OH is 1. The number of aliphatic hydroxyl groups is 1. The quantitative estimate of drug-likeness (QED) is 0.0222. The molecule has 0 fully saturated rings. The van der Waals surface area contributed by atoms with Crippen LogP contribution in [0.1, 0.15) is 426 Å². The van der Waals surface area contributed by atoms with Crippen molar-refractivity contribution in [3.8, 4) is 0 Å². The molecule has 99 heavy (non-hydrogen) atoms. The molecule has 0 saturated carbocycles. The van der Waals surface area contributed by atoms with E-state index >= 15 is 0 Å². The first-order valence-corrected chi connectivity index (χ1v) is 44.6. The Kier molecular flexibility index (Phi) is 71.6. The minimum absolute atomic E-state index is 0.108. The van der Waals surface area contributed by atoms with Gasteiger partial charge in [-0.15, -0.1) is 0 Å². The predicted octanol–water partition coefficient (Wildman–Crippen LogP) is 24.0. The van der Waals surface area contributed by atoms with Gasteiger partial charge in [-0.2, -0.15) is 0 Å². The number of phosphoric ester groups is 2. The molecule has 0 aromatic rings. The van der Waals surface area contributed by atoms with Gasteiger partial charge >= 0.3 is 39.5 Å². The minimum Gasteiger partial charge on any atom is -0.462 e. The maximum Gasteiger partial charge on any atom is 0.472 e. The van der Waals surface area contributed by atoms with Gasteiger partial charge in [-0.05, 0) is 31.6 Å². The van der Waals surface area contributed by atoms with E-state index < -0.39 is 97.5 Å². The summed E-state index contributed by atoms with van der Waals surface area (Å²) in [5.74, 6) is -1.36. The summed E-state index contributed by atoms with van der Waals surface area (Å²) < 4.78 is 68.7. The molecule has 0 bridgehead atoms. The maximum atomic E-state index is 13.1. The second kappa shape index (κ2) is 73.0. The van der Waals surface area contributed by atoms with Gasteiger partial charge in [-0.25, -0.2) is 9.13 Å². The van der Waals surface area contributed by atoms with E-state index in [1.807, 2.05) is 0 Å². The lowest BCUT2D eigenvalue weighted by atomic mass is 10.0. The Morgan fingerprint density at radius 2 is 0.465 bits per heavy atom. The Hall–Kier alpha value is -1.94. The van der Waals surface area contributed by atoms with Crippen molar-refractivity contribution in [1.29, 1.82) is 0 Å². The smallest absolute Gasteiger partial charge is 0.462 e. The van der Waals surface area contributed by atoms with Crippen LogP contribution in [0.15, 0.2) is 0 Å². The van der Waals surface area contributed by atoms with Crippen LogP contribution < -0.4 is 0 Å². The van der Waals surface area contributed by atoms with Gasteiger partial charge in [0.1, 0.15) is 19.3 Å². The molecule has 5 atom stereocenters. The molecule has 0 heterocycles. The fourth-order valence-corrected chi connectivity index (χ4v) is 14.0. The summed E-state index contributed by atoms with van der Waals surface area (Å²) in [6, 6.07) is 0. The average Bonchev–Trinajstić information content (AvgIpc) is 1.79. The lowest BCUT2D eigenvalue weighted by Crippen LogP contribution is -2.30. The SMILES string of the molecule is CCCCCCCCCCCCCCCCCCCCCCCC(=O)O[C@H](COC(=O)CCCCCCCCCCCCCCC)COP(=O)(O)OC[C@@H](O)COP(=O)(O)OC[C@@H](COC(=O)CCCCCCCCCCCC(C)C)OC(=O)CCCCCCCCCCCCCCC. The van der Waals surface area contributed by atoms with Gasteiger partial charge in [-0.3, -0.25) is 37.3 Å². The molecule has 3 N–H and O–H groups in total. The van der Waals surface area contributed by atoms with Crippen molar-refractivity contribution >= 4 is 39.5 Å². The van der Waals surface area contributed by atoms with E-state index in [0.717, 1.165) is 95.8 Å². The van der Waals surface area contributed by atoms with E-state index in [2.05, 4.69) is 34.6 Å². The Morgan fingerprint density at radius 1 is 0.273 bits per heavy atom. The largest absolute Gasteiger partial charge is 0.472 e. The van der Waals surface area contributed by atoms with Crippen molar-refractivity contribution < 1.29 is 80.2 Å². The zero-order chi connectivity index (χ0) is 72.7. The number of phosphoric acid groups is 2. The summed E-state index contributed by atoms with van der Waals surface area (Å²) in [5.41, 5.74) is 0. The van der Waals surface area contributed by atoms with Gasteiger partial charge in [0.15, 0.2) is 12.2 Å². The summed E-state index contributed by atoms with van der Waals surface area (Å²) in [6.07, 6.45) is 63.8. The molecule has 0 spiro atoms. The minimum atomic E-state index is -4.96. The first kappa shape index (κ1) is 97.1. The number of carbonyl (C=O) groups excluding carboxylic acids is 4. The molecule has 0 saturated heterocycles. The van der Waals surface area contributed by atoms with E-state index in [-0.39, 0.29) is 25.7 Å². The summed E-state index contributed by atoms with van der Waals surface area (Å²) in [6.45, 7) is 7.30. The molecular weight excluding hydrogens is 1290 g/mol. The lowest BCUT2D eigenvalue weighted by Gasteiger charge is -2.21. The van der Waals surface area contributed by atoms with E-state index in [9.17, 15) is 43.2 Å². The zero-order valence-corrected chi connectivity index (χ0v) is 66.4. The normalized spacial score (nSPS) is 13.9. The number of esters is 4. The van der Waals surface area contributed by atoms with Crippen LogP contribution in [0.25, 0.3) is 0 Å². The highest BCUT2D eigenvalue weighted by molar-refractivity contribution is 7.47. The van der Waals surface area contributed by atoms with Gasteiger partial charge < -0.3 is 33.8 Å². The lowest BCUT2D eigenvalue weighted by molar-refractivity contribution is -0.161. The Labute approximate surface area is 607 Å². The van der Waals surface area contributed by atoms with Gasteiger partial charge in [0.25, 0.3) is 0 Å². The molecule has 0 rings (SSSR count). The van der Waals surface area contributed by atoms with Crippen LogP contribution in [-0.2, 0) is 65.4 Å². The highest BCUT2D eigenvalue weighted by Crippen LogP contribution is 2.45. The van der Waals surface area contributed by atoms with Gasteiger partial charge in [0, 0.05) is 25.7 Å². The molecular formula is C80H156O17P2. The number of carbonyl (C=O) groups is 4. The molecule has 0 amide bonds. The zero-order valence-electron chi connectivity index (χ0n) is 64.6. The first-order chi connectivity index (χ1) is 48.0. The molecule has 0 aliphatic heterocycles. The Balaban J connectivity index is 5.22. The number of hydrogen-bond acceptors (Lipinski definition) is 15. The van der Waals surface area contributed by atoms with Crippen LogP contribution in [0.5, 0.6) is 0 Å². The van der Waals surface area contributed by atoms with Crippen LogP contribution in [0.2, 0.25) is 0 Å². The predicted molar refractivity (Wildman–Crippen MR) is 405 cm³/mol. The third-order valence-corrected chi connectivity index (χ3v) is 20.7. The van der Waals surface area contributed by atoms with E-state index in [1.54, 1.807) is 0 Å². The average molecular weight is 1450 g/mol. The Morgan fingerprint density at radius 3 is 0.687 bits per heavy atom. The number of hydrogen-bond donors (Lipinski definition) is 3. The van der Waals surface area contributed by atoms with Gasteiger partial charge in [0.05, 0.1) is 26.4 Å². The monoisotopic (exact) mass is 1450 g/mol. The van der Waals surface area contributed by atoms with Crippen molar-refractivity contribution in [3.63, 3.8) is 0 Å². The molecule has 2 unspecified atom stereocenters.